The van der Waals surface area contributed by atoms with Gasteiger partial charge in [-0.05, 0) is 112 Å². The molecule has 3 aliphatic rings. The molecule has 1 aromatic carbocycles. The molecule has 0 unspecified atom stereocenters. The van der Waals surface area contributed by atoms with Crippen LogP contribution in [0.4, 0.5) is 0 Å². The number of rotatable bonds is 3. The lowest BCUT2D eigenvalue weighted by Crippen LogP contribution is -2.42. The minimum absolute atomic E-state index is 0.253. The highest BCUT2D eigenvalue weighted by Gasteiger charge is 2.54. The highest BCUT2D eigenvalue weighted by molar-refractivity contribution is 6.70. The molecule has 4 heteroatoms. The molecule has 4 rings (SSSR count). The average Bonchev–Trinajstić information content (AvgIpc) is 2.90. The topological polar surface area (TPSA) is 30.8 Å². The maximum absolute atomic E-state index is 6.32. The molecule has 0 bridgehead atoms. The molecule has 0 spiro atoms. The number of benzene rings is 1. The highest BCUT2D eigenvalue weighted by atomic mass is 28.4. The van der Waals surface area contributed by atoms with E-state index in [4.69, 9.17) is 9.26 Å². The molecule has 4 atom stereocenters. The van der Waals surface area contributed by atoms with Gasteiger partial charge in [0, 0.05) is 5.41 Å². The van der Waals surface area contributed by atoms with Gasteiger partial charge in [-0.3, -0.25) is 0 Å². The van der Waals surface area contributed by atoms with Crippen LogP contribution in [0, 0.1) is 24.2 Å². The second-order valence-corrected chi connectivity index (χ2v) is 14.6. The first-order valence-corrected chi connectivity index (χ1v) is 14.1. The quantitative estimate of drug-likeness (QED) is 0.467. The van der Waals surface area contributed by atoms with Crippen molar-refractivity contribution in [1.82, 2.24) is 0 Å². The van der Waals surface area contributed by atoms with E-state index >= 15 is 0 Å². The Morgan fingerprint density at radius 1 is 1.11 bits per heavy atom. The molecule has 27 heavy (non-hydrogen) atoms. The van der Waals surface area contributed by atoms with Crippen molar-refractivity contribution >= 4 is 14.0 Å². The van der Waals surface area contributed by atoms with E-state index in [0.29, 0.717) is 0 Å². The number of hydrogen-bond donors (Lipinski definition) is 0. The Kier molecular flexibility index (Phi) is 4.69. The molecule has 0 heterocycles. The summed E-state index contributed by atoms with van der Waals surface area (Å²) in [5, 5.41) is 4.43. The summed E-state index contributed by atoms with van der Waals surface area (Å²) in [7, 11) is 0.121. The number of hydrogen-bond acceptors (Lipinski definition) is 3. The third-order valence-electron chi connectivity index (χ3n) is 7.37. The molecule has 0 aliphatic heterocycles. The van der Waals surface area contributed by atoms with Crippen LogP contribution in [0.5, 0.6) is 5.75 Å². The average molecular weight is 386 g/mol. The minimum atomic E-state index is -1.57. The summed E-state index contributed by atoms with van der Waals surface area (Å²) >= 11 is 0. The van der Waals surface area contributed by atoms with Crippen LogP contribution in [0.2, 0.25) is 19.6 Å². The highest BCUT2D eigenvalue weighted by Crippen LogP contribution is 2.60. The summed E-state index contributed by atoms with van der Waals surface area (Å²) in [5.41, 5.74) is 6.21. The SMILES string of the molecule is CO/N=C1/CC[C@H]2[C@@H]3CCc4cc(O[Si](C)(C)C)cc(C)c4[C@H]3CC[C@]12C. The predicted molar refractivity (Wildman–Crippen MR) is 114 cm³/mol. The molecule has 1 aromatic rings. The minimum Gasteiger partial charge on any atom is -0.544 e. The lowest BCUT2D eigenvalue weighted by molar-refractivity contribution is 0.0921. The maximum Gasteiger partial charge on any atom is 0.242 e. The van der Waals surface area contributed by atoms with Crippen LogP contribution in [0.15, 0.2) is 17.3 Å². The summed E-state index contributed by atoms with van der Waals surface area (Å²) < 4.78 is 6.32. The monoisotopic (exact) mass is 385 g/mol. The Balaban J connectivity index is 1.66. The van der Waals surface area contributed by atoms with E-state index in [0.717, 1.165) is 29.9 Å². The number of nitrogens with zero attached hydrogens (tertiary/aromatic N) is 1. The van der Waals surface area contributed by atoms with E-state index in [2.05, 4.69) is 50.8 Å². The Hall–Kier alpha value is -1.29. The van der Waals surface area contributed by atoms with Gasteiger partial charge < -0.3 is 9.26 Å². The third-order valence-corrected chi connectivity index (χ3v) is 8.22. The van der Waals surface area contributed by atoms with Gasteiger partial charge in [0.15, 0.2) is 0 Å². The van der Waals surface area contributed by atoms with Gasteiger partial charge in [0.2, 0.25) is 8.32 Å². The van der Waals surface area contributed by atoms with E-state index < -0.39 is 8.32 Å². The third kappa shape index (κ3) is 3.24. The van der Waals surface area contributed by atoms with Crippen LogP contribution < -0.4 is 4.43 Å². The van der Waals surface area contributed by atoms with Gasteiger partial charge in [0.1, 0.15) is 12.9 Å². The van der Waals surface area contributed by atoms with Crippen molar-refractivity contribution in [2.75, 3.05) is 7.11 Å². The second-order valence-electron chi connectivity index (χ2n) is 10.2. The lowest BCUT2D eigenvalue weighted by Gasteiger charge is -2.49. The van der Waals surface area contributed by atoms with Crippen molar-refractivity contribution in [1.29, 1.82) is 0 Å². The summed E-state index contributed by atoms with van der Waals surface area (Å²) in [6.45, 7) is 11.5. The van der Waals surface area contributed by atoms with Crippen molar-refractivity contribution in [2.45, 2.75) is 77.9 Å². The molecule has 148 valence electrons. The van der Waals surface area contributed by atoms with Gasteiger partial charge in [-0.2, -0.15) is 0 Å². The van der Waals surface area contributed by atoms with E-state index in [1.807, 2.05) is 0 Å². The normalized spacial score (nSPS) is 34.0. The molecule has 0 saturated heterocycles. The fourth-order valence-electron chi connectivity index (χ4n) is 6.40. The fourth-order valence-corrected chi connectivity index (χ4v) is 7.23. The number of oxime groups is 1. The molecule has 2 saturated carbocycles. The Morgan fingerprint density at radius 2 is 1.89 bits per heavy atom. The zero-order chi connectivity index (χ0) is 19.4. The Morgan fingerprint density at radius 3 is 2.59 bits per heavy atom. The Labute approximate surface area is 165 Å². The second kappa shape index (κ2) is 6.65. The first kappa shape index (κ1) is 19.0. The lowest BCUT2D eigenvalue weighted by atomic mass is 9.55. The molecule has 0 amide bonds. The summed E-state index contributed by atoms with van der Waals surface area (Å²) in [6.07, 6.45) is 7.44. The van der Waals surface area contributed by atoms with Crippen molar-refractivity contribution in [3.8, 4) is 5.75 Å². The summed E-state index contributed by atoms with van der Waals surface area (Å²) in [5.74, 6) is 3.37. The molecule has 3 aliphatic carbocycles. The van der Waals surface area contributed by atoms with Crippen LogP contribution in [0.1, 0.15) is 61.6 Å². The standard InChI is InChI=1S/C23H35NO2Si/c1-15-13-17(26-27(4,5)6)14-16-7-8-18-19(22(15)16)11-12-23(2)20(18)9-10-21(23)24-25-3/h13-14,18-20H,7-12H2,1-6H3/b24-21-/t18-,19+,20+,23+/m1/s1. The molecular weight excluding hydrogens is 350 g/mol. The van der Waals surface area contributed by atoms with Gasteiger partial charge in [0.25, 0.3) is 0 Å². The van der Waals surface area contributed by atoms with E-state index in [9.17, 15) is 0 Å². The summed E-state index contributed by atoms with van der Waals surface area (Å²) in [4.78, 5) is 5.18. The van der Waals surface area contributed by atoms with Crippen LogP contribution in [-0.2, 0) is 11.3 Å². The predicted octanol–water partition coefficient (Wildman–Crippen LogP) is 6.07. The van der Waals surface area contributed by atoms with E-state index in [-0.39, 0.29) is 5.41 Å². The molecule has 0 N–H and O–H groups in total. The first-order valence-electron chi connectivity index (χ1n) is 10.7. The van der Waals surface area contributed by atoms with Gasteiger partial charge in [-0.1, -0.05) is 12.1 Å². The van der Waals surface area contributed by atoms with E-state index in [1.54, 1.807) is 18.2 Å². The van der Waals surface area contributed by atoms with Gasteiger partial charge in [0.05, 0.1) is 5.71 Å². The number of fused-ring (bicyclic) bond motifs is 5. The number of aryl methyl sites for hydroxylation is 2. The summed E-state index contributed by atoms with van der Waals surface area (Å²) in [6, 6.07) is 4.66. The van der Waals surface area contributed by atoms with Crippen LogP contribution >= 0.6 is 0 Å². The van der Waals surface area contributed by atoms with Crippen LogP contribution in [-0.4, -0.2) is 21.1 Å². The smallest absolute Gasteiger partial charge is 0.242 e. The zero-order valence-corrected chi connectivity index (χ0v) is 18.9. The van der Waals surface area contributed by atoms with Crippen molar-refractivity contribution < 1.29 is 9.26 Å². The van der Waals surface area contributed by atoms with Crippen molar-refractivity contribution in [2.24, 2.45) is 22.4 Å². The molecular formula is C23H35NO2Si. The van der Waals surface area contributed by atoms with Crippen molar-refractivity contribution in [3.63, 3.8) is 0 Å². The molecule has 2 fully saturated rings. The maximum atomic E-state index is 6.32. The fraction of sp³-hybridized carbons (Fsp3) is 0.696. The molecule has 0 aromatic heterocycles. The van der Waals surface area contributed by atoms with Gasteiger partial charge in [-0.15, -0.1) is 0 Å². The van der Waals surface area contributed by atoms with Crippen molar-refractivity contribution in [3.05, 3.63) is 28.8 Å². The molecule has 3 nitrogen and oxygen atoms in total. The van der Waals surface area contributed by atoms with Gasteiger partial charge >= 0.3 is 0 Å². The Bertz CT molecular complexity index is 766. The first-order chi connectivity index (χ1) is 12.7. The van der Waals surface area contributed by atoms with Crippen LogP contribution in [0.3, 0.4) is 0 Å². The van der Waals surface area contributed by atoms with E-state index in [1.165, 1.54) is 43.4 Å². The largest absolute Gasteiger partial charge is 0.544 e. The van der Waals surface area contributed by atoms with Gasteiger partial charge in [-0.25, -0.2) is 0 Å². The van der Waals surface area contributed by atoms with Crippen LogP contribution in [0.25, 0.3) is 0 Å². The molecule has 0 radical (unpaired) electrons. The zero-order valence-electron chi connectivity index (χ0n) is 17.9.